The van der Waals surface area contributed by atoms with Crippen molar-refractivity contribution in [2.24, 2.45) is 0 Å². The molecule has 3 aliphatic rings. The first-order chi connectivity index (χ1) is 18.7. The number of nitrogens with zero attached hydrogens (tertiary/aromatic N) is 2. The molecule has 39 heavy (non-hydrogen) atoms. The van der Waals surface area contributed by atoms with Crippen molar-refractivity contribution >= 4 is 45.0 Å². The highest BCUT2D eigenvalue weighted by Crippen LogP contribution is 2.32. The van der Waals surface area contributed by atoms with Crippen LogP contribution in [0, 0.1) is 0 Å². The molecule has 2 heterocycles. The van der Waals surface area contributed by atoms with Gasteiger partial charge < -0.3 is 10.6 Å². The molecule has 2 saturated heterocycles. The second-order valence-electron chi connectivity index (χ2n) is 10.7. The maximum Gasteiger partial charge on any atom is 0.243 e. The normalized spacial score (nSPS) is 22.7. The molecule has 0 saturated carbocycles. The fourth-order valence-electron chi connectivity index (χ4n) is 5.85. The standard InChI is InChI=1S/C28H34Cl2N4O4S/c29-24-10-8-22(15-25(24)30)39(37,38)34-18-28(36)31-16-21(34)14-27(35)32-26-6-4-5-20-13-19(7-9-23(20)26)17-33-11-2-1-3-12-33/h7-10,13,15,21,26H,1-6,11-12,14,16-18H2,(H,31,36)(H,32,35)/t21?,26-/m1/s1. The number of sulfonamides is 1. The molecule has 2 aliphatic heterocycles. The van der Waals surface area contributed by atoms with E-state index in [-0.39, 0.29) is 46.4 Å². The largest absolute Gasteiger partial charge is 0.353 e. The first-order valence-electron chi connectivity index (χ1n) is 13.6. The second kappa shape index (κ2) is 12.1. The zero-order valence-electron chi connectivity index (χ0n) is 21.8. The van der Waals surface area contributed by atoms with Gasteiger partial charge in [0.15, 0.2) is 0 Å². The van der Waals surface area contributed by atoms with Gasteiger partial charge in [0.05, 0.1) is 33.6 Å². The fourth-order valence-corrected chi connectivity index (χ4v) is 7.82. The van der Waals surface area contributed by atoms with Crippen LogP contribution in [0.15, 0.2) is 41.3 Å². The van der Waals surface area contributed by atoms with E-state index in [9.17, 15) is 18.0 Å². The van der Waals surface area contributed by atoms with Crippen LogP contribution in [0.5, 0.6) is 0 Å². The Morgan fingerprint density at radius 3 is 2.59 bits per heavy atom. The van der Waals surface area contributed by atoms with Crippen molar-refractivity contribution in [3.05, 3.63) is 63.1 Å². The molecule has 210 valence electrons. The number of aryl methyl sites for hydroxylation is 1. The number of benzene rings is 2. The maximum absolute atomic E-state index is 13.4. The molecule has 0 spiro atoms. The second-order valence-corrected chi connectivity index (χ2v) is 13.4. The Bertz CT molecular complexity index is 1350. The summed E-state index contributed by atoms with van der Waals surface area (Å²) in [7, 11) is -4.08. The zero-order chi connectivity index (χ0) is 27.6. The summed E-state index contributed by atoms with van der Waals surface area (Å²) in [5, 5.41) is 6.17. The first-order valence-corrected chi connectivity index (χ1v) is 15.8. The number of likely N-dealkylation sites (tertiary alicyclic amines) is 1. The van der Waals surface area contributed by atoms with Crippen LogP contribution >= 0.6 is 23.2 Å². The molecule has 2 aromatic carbocycles. The van der Waals surface area contributed by atoms with E-state index in [4.69, 9.17) is 23.2 Å². The minimum absolute atomic E-state index is 0.0495. The van der Waals surface area contributed by atoms with Crippen molar-refractivity contribution in [1.29, 1.82) is 0 Å². The van der Waals surface area contributed by atoms with Gasteiger partial charge in [-0.15, -0.1) is 0 Å². The number of hydrogen-bond acceptors (Lipinski definition) is 5. The Morgan fingerprint density at radius 2 is 1.82 bits per heavy atom. The van der Waals surface area contributed by atoms with Crippen LogP contribution in [0.4, 0.5) is 0 Å². The molecule has 8 nitrogen and oxygen atoms in total. The van der Waals surface area contributed by atoms with Gasteiger partial charge in [0.25, 0.3) is 0 Å². The molecule has 2 fully saturated rings. The monoisotopic (exact) mass is 592 g/mol. The van der Waals surface area contributed by atoms with E-state index in [1.54, 1.807) is 0 Å². The van der Waals surface area contributed by atoms with Gasteiger partial charge in [-0.1, -0.05) is 47.8 Å². The lowest BCUT2D eigenvalue weighted by Gasteiger charge is -2.35. The van der Waals surface area contributed by atoms with Crippen LogP contribution in [0.1, 0.15) is 61.3 Å². The Morgan fingerprint density at radius 1 is 1.03 bits per heavy atom. The highest BCUT2D eigenvalue weighted by Gasteiger charge is 2.38. The lowest BCUT2D eigenvalue weighted by atomic mass is 9.86. The minimum atomic E-state index is -4.08. The molecule has 2 amide bonds. The van der Waals surface area contributed by atoms with E-state index in [0.29, 0.717) is 0 Å². The van der Waals surface area contributed by atoms with Gasteiger partial charge in [-0.3, -0.25) is 14.5 Å². The molecule has 0 radical (unpaired) electrons. The Balaban J connectivity index is 1.27. The van der Waals surface area contributed by atoms with Crippen molar-refractivity contribution < 1.29 is 18.0 Å². The summed E-state index contributed by atoms with van der Waals surface area (Å²) in [6, 6.07) is 9.76. The first kappa shape index (κ1) is 28.4. The quantitative estimate of drug-likeness (QED) is 0.505. The number of piperidine rings is 1. The van der Waals surface area contributed by atoms with Crippen molar-refractivity contribution in [2.75, 3.05) is 26.2 Å². The number of rotatable bonds is 7. The number of piperazine rings is 1. The summed E-state index contributed by atoms with van der Waals surface area (Å²) in [5.74, 6) is -0.669. The Kier molecular flexibility index (Phi) is 8.83. The van der Waals surface area contributed by atoms with E-state index >= 15 is 0 Å². The Labute approximate surface area is 240 Å². The molecule has 5 rings (SSSR count). The van der Waals surface area contributed by atoms with Gasteiger partial charge in [0.2, 0.25) is 21.8 Å². The van der Waals surface area contributed by atoms with Gasteiger partial charge in [0.1, 0.15) is 0 Å². The zero-order valence-corrected chi connectivity index (χ0v) is 24.1. The Hall–Kier alpha value is -2.17. The average Bonchev–Trinajstić information content (AvgIpc) is 2.91. The van der Waals surface area contributed by atoms with Gasteiger partial charge >= 0.3 is 0 Å². The third-order valence-corrected chi connectivity index (χ3v) is 10.5. The van der Waals surface area contributed by atoms with Gasteiger partial charge in [-0.05, 0) is 80.1 Å². The average molecular weight is 594 g/mol. The van der Waals surface area contributed by atoms with E-state index in [0.717, 1.165) is 48.8 Å². The van der Waals surface area contributed by atoms with Crippen LogP contribution in [-0.4, -0.2) is 61.7 Å². The van der Waals surface area contributed by atoms with Crippen LogP contribution < -0.4 is 10.6 Å². The molecule has 2 aromatic rings. The predicted octanol–water partition coefficient (Wildman–Crippen LogP) is 4.05. The molecule has 1 aliphatic carbocycles. The summed E-state index contributed by atoms with van der Waals surface area (Å²) < 4.78 is 27.9. The number of hydrogen-bond donors (Lipinski definition) is 2. The number of amides is 2. The van der Waals surface area contributed by atoms with Crippen LogP contribution in [0.25, 0.3) is 0 Å². The molecule has 0 aromatic heterocycles. The number of carbonyl (C=O) groups is 2. The van der Waals surface area contributed by atoms with Crippen LogP contribution in [-0.2, 0) is 32.6 Å². The van der Waals surface area contributed by atoms with E-state index in [1.165, 1.54) is 48.6 Å². The summed E-state index contributed by atoms with van der Waals surface area (Å²) in [5.41, 5.74) is 3.72. The summed E-state index contributed by atoms with van der Waals surface area (Å²) in [4.78, 5) is 27.8. The lowest BCUT2D eigenvalue weighted by molar-refractivity contribution is -0.127. The van der Waals surface area contributed by atoms with Gasteiger partial charge in [-0.25, -0.2) is 8.42 Å². The van der Waals surface area contributed by atoms with Gasteiger partial charge in [0, 0.05) is 19.5 Å². The smallest absolute Gasteiger partial charge is 0.243 e. The van der Waals surface area contributed by atoms with Crippen molar-refractivity contribution in [2.45, 2.75) is 68.5 Å². The third kappa shape index (κ3) is 6.60. The lowest BCUT2D eigenvalue weighted by Crippen LogP contribution is -2.57. The third-order valence-electron chi connectivity index (χ3n) is 7.87. The molecule has 0 bridgehead atoms. The number of halogens is 2. The highest BCUT2D eigenvalue weighted by atomic mass is 35.5. The number of carbonyl (C=O) groups excluding carboxylic acids is 2. The van der Waals surface area contributed by atoms with Crippen LogP contribution in [0.3, 0.4) is 0 Å². The van der Waals surface area contributed by atoms with E-state index in [2.05, 4.69) is 33.7 Å². The van der Waals surface area contributed by atoms with E-state index in [1.807, 2.05) is 0 Å². The number of fused-ring (bicyclic) bond motifs is 1. The predicted molar refractivity (Wildman–Crippen MR) is 151 cm³/mol. The van der Waals surface area contributed by atoms with E-state index < -0.39 is 22.0 Å². The van der Waals surface area contributed by atoms with Crippen LogP contribution in [0.2, 0.25) is 10.0 Å². The summed E-state index contributed by atoms with van der Waals surface area (Å²) in [6.07, 6.45) is 6.55. The summed E-state index contributed by atoms with van der Waals surface area (Å²) in [6.45, 7) is 2.94. The summed E-state index contributed by atoms with van der Waals surface area (Å²) >= 11 is 12.0. The minimum Gasteiger partial charge on any atom is -0.353 e. The van der Waals surface area contributed by atoms with Gasteiger partial charge in [-0.2, -0.15) is 4.31 Å². The maximum atomic E-state index is 13.4. The highest BCUT2D eigenvalue weighted by molar-refractivity contribution is 7.89. The topological polar surface area (TPSA) is 98.8 Å². The molecule has 2 atom stereocenters. The molecular weight excluding hydrogens is 559 g/mol. The molecule has 11 heteroatoms. The number of nitrogens with one attached hydrogen (secondary N) is 2. The molecule has 2 N–H and O–H groups in total. The van der Waals surface area contributed by atoms with Crippen molar-refractivity contribution in [3.8, 4) is 0 Å². The molecule has 1 unspecified atom stereocenters. The SMILES string of the molecule is O=C1CN(S(=O)(=O)c2ccc(Cl)c(Cl)c2)C(CC(=O)N[C@@H]2CCCc3cc(CN4CCCCC4)ccc32)CN1. The fraction of sp³-hybridized carbons (Fsp3) is 0.500. The van der Waals surface area contributed by atoms with Crippen molar-refractivity contribution in [1.82, 2.24) is 19.8 Å². The van der Waals surface area contributed by atoms with Crippen molar-refractivity contribution in [3.63, 3.8) is 0 Å². The molecular formula is C28H34Cl2N4O4S.